The van der Waals surface area contributed by atoms with Crippen molar-refractivity contribution in [3.63, 3.8) is 0 Å². The lowest BCUT2D eigenvalue weighted by molar-refractivity contribution is 0.0432. The molecule has 0 fully saturated rings. The summed E-state index contributed by atoms with van der Waals surface area (Å²) in [4.78, 5) is 24.2. The van der Waals surface area contributed by atoms with Gasteiger partial charge in [-0.05, 0) is 57.2 Å². The number of ether oxygens (including phenoxy) is 2. The third kappa shape index (κ3) is 4.03. The van der Waals surface area contributed by atoms with Crippen molar-refractivity contribution in [2.45, 2.75) is 27.4 Å². The van der Waals surface area contributed by atoms with Gasteiger partial charge in [-0.2, -0.15) is 4.98 Å². The maximum Gasteiger partial charge on any atom is 0.339 e. The minimum Gasteiger partial charge on any atom is -0.497 e. The van der Waals surface area contributed by atoms with E-state index in [1.807, 2.05) is 32.0 Å². The summed E-state index contributed by atoms with van der Waals surface area (Å²) in [6.07, 6.45) is 0. The number of thiophene rings is 1. The molecule has 0 unspecified atom stereocenters. The number of rotatable bonds is 6. The predicted octanol–water partition coefficient (Wildman–Crippen LogP) is 5.29. The molecule has 0 aliphatic rings. The van der Waals surface area contributed by atoms with E-state index in [1.54, 1.807) is 43.6 Å². The molecular weight excluding hydrogens is 456 g/mol. The SMILES string of the molecule is COc1ccc(-c2noc(COC(=O)c3cc(-c4cc(C)sc4C)nc4onc(C)c34)n2)cc1. The average molecular weight is 477 g/mol. The molecule has 1 aromatic carbocycles. The Bertz CT molecular complexity index is 1500. The third-order valence-electron chi connectivity index (χ3n) is 5.30. The first kappa shape index (κ1) is 21.8. The first-order valence-corrected chi connectivity index (χ1v) is 11.2. The van der Waals surface area contributed by atoms with E-state index in [2.05, 4.69) is 20.3 Å². The van der Waals surface area contributed by atoms with Gasteiger partial charge in [-0.3, -0.25) is 0 Å². The van der Waals surface area contributed by atoms with Crippen LogP contribution in [0.1, 0.15) is 31.7 Å². The molecule has 0 aliphatic heterocycles. The number of hydrogen-bond donors (Lipinski definition) is 0. The van der Waals surface area contributed by atoms with Crippen molar-refractivity contribution in [1.29, 1.82) is 0 Å². The smallest absolute Gasteiger partial charge is 0.339 e. The number of nitrogens with zero attached hydrogens (tertiary/aromatic N) is 4. The molecule has 0 bridgehead atoms. The van der Waals surface area contributed by atoms with Crippen LogP contribution in [0.2, 0.25) is 0 Å². The van der Waals surface area contributed by atoms with Gasteiger partial charge < -0.3 is 18.5 Å². The summed E-state index contributed by atoms with van der Waals surface area (Å²) < 4.78 is 21.3. The molecule has 9 nitrogen and oxygen atoms in total. The second kappa shape index (κ2) is 8.71. The van der Waals surface area contributed by atoms with Crippen LogP contribution < -0.4 is 4.74 Å². The average Bonchev–Trinajstić information content (AvgIpc) is 3.55. The number of pyridine rings is 1. The third-order valence-corrected chi connectivity index (χ3v) is 6.26. The number of benzene rings is 1. The van der Waals surface area contributed by atoms with Crippen LogP contribution >= 0.6 is 11.3 Å². The van der Waals surface area contributed by atoms with Gasteiger partial charge in [0.25, 0.3) is 11.6 Å². The van der Waals surface area contributed by atoms with Crippen LogP contribution in [0.3, 0.4) is 0 Å². The zero-order chi connectivity index (χ0) is 23.8. The second-order valence-corrected chi connectivity index (χ2v) is 9.11. The van der Waals surface area contributed by atoms with E-state index in [4.69, 9.17) is 18.5 Å². The number of esters is 1. The molecule has 0 N–H and O–H groups in total. The van der Waals surface area contributed by atoms with Crippen LogP contribution in [0, 0.1) is 20.8 Å². The lowest BCUT2D eigenvalue weighted by Gasteiger charge is -2.06. The summed E-state index contributed by atoms with van der Waals surface area (Å²) in [5, 5.41) is 8.45. The number of carbonyl (C=O) groups excluding carboxylic acids is 1. The van der Waals surface area contributed by atoms with E-state index >= 15 is 0 Å². The summed E-state index contributed by atoms with van der Waals surface area (Å²) >= 11 is 1.66. The fraction of sp³-hybridized carbons (Fsp3) is 0.208. The Balaban J connectivity index is 1.40. The van der Waals surface area contributed by atoms with Gasteiger partial charge in [0.05, 0.1) is 29.4 Å². The number of methoxy groups -OCH3 is 1. The van der Waals surface area contributed by atoms with Crippen LogP contribution in [-0.4, -0.2) is 33.4 Å². The van der Waals surface area contributed by atoms with Gasteiger partial charge >= 0.3 is 5.97 Å². The molecule has 10 heteroatoms. The summed E-state index contributed by atoms with van der Waals surface area (Å²) in [6, 6.07) is 11.0. The quantitative estimate of drug-likeness (QED) is 0.301. The zero-order valence-electron chi connectivity index (χ0n) is 18.9. The highest BCUT2D eigenvalue weighted by Gasteiger charge is 2.22. The Labute approximate surface area is 198 Å². The van der Waals surface area contributed by atoms with Gasteiger partial charge in [-0.1, -0.05) is 10.3 Å². The highest BCUT2D eigenvalue weighted by molar-refractivity contribution is 7.12. The van der Waals surface area contributed by atoms with Crippen LogP contribution in [0.25, 0.3) is 33.7 Å². The van der Waals surface area contributed by atoms with E-state index in [1.165, 1.54) is 0 Å². The standard InChI is InChI=1S/C24H20N4O5S/c1-12-9-17(14(3)34-12)19-10-18(21-13(2)27-33-23(21)25-19)24(29)31-11-20-26-22(28-32-20)15-5-7-16(30-4)8-6-15/h5-10H,11H2,1-4H3. The van der Waals surface area contributed by atoms with Gasteiger partial charge in [0.1, 0.15) is 5.75 Å². The number of carbonyl (C=O) groups is 1. The fourth-order valence-electron chi connectivity index (χ4n) is 3.65. The summed E-state index contributed by atoms with van der Waals surface area (Å²) in [5.74, 6) is 0.728. The topological polar surface area (TPSA) is 113 Å². The van der Waals surface area contributed by atoms with Crippen molar-refractivity contribution >= 4 is 28.4 Å². The minimum atomic E-state index is -0.561. The molecule has 0 atom stereocenters. The number of aryl methyl sites for hydroxylation is 3. The largest absolute Gasteiger partial charge is 0.497 e. The monoisotopic (exact) mass is 476 g/mol. The first-order chi connectivity index (χ1) is 16.4. The van der Waals surface area contributed by atoms with Gasteiger partial charge in [-0.15, -0.1) is 11.3 Å². The summed E-state index contributed by atoms with van der Waals surface area (Å²) in [5.41, 5.74) is 3.47. The van der Waals surface area contributed by atoms with Crippen molar-refractivity contribution in [1.82, 2.24) is 20.3 Å². The fourth-order valence-corrected chi connectivity index (χ4v) is 4.59. The normalized spacial score (nSPS) is 11.2. The van der Waals surface area contributed by atoms with Gasteiger partial charge in [0.15, 0.2) is 6.61 Å². The van der Waals surface area contributed by atoms with Crippen LogP contribution in [0.15, 0.2) is 45.4 Å². The molecule has 5 rings (SSSR count). The molecule has 4 heterocycles. The van der Waals surface area contributed by atoms with Crippen LogP contribution in [0.4, 0.5) is 0 Å². The number of fused-ring (bicyclic) bond motifs is 1. The van der Waals surface area contributed by atoms with Crippen molar-refractivity contribution in [3.8, 4) is 28.4 Å². The maximum atomic E-state index is 13.1. The van der Waals surface area contributed by atoms with Crippen molar-refractivity contribution < 1.29 is 23.3 Å². The molecule has 172 valence electrons. The molecule has 4 aromatic heterocycles. The summed E-state index contributed by atoms with van der Waals surface area (Å²) in [7, 11) is 1.60. The summed E-state index contributed by atoms with van der Waals surface area (Å²) in [6.45, 7) is 5.61. The number of aromatic nitrogens is 4. The first-order valence-electron chi connectivity index (χ1n) is 10.4. The van der Waals surface area contributed by atoms with E-state index in [0.29, 0.717) is 28.2 Å². The number of hydrogen-bond acceptors (Lipinski definition) is 10. The molecule has 0 amide bonds. The predicted molar refractivity (Wildman–Crippen MR) is 125 cm³/mol. The van der Waals surface area contributed by atoms with E-state index in [0.717, 1.165) is 26.6 Å². The molecule has 0 saturated carbocycles. The minimum absolute atomic E-state index is 0.177. The van der Waals surface area contributed by atoms with Gasteiger partial charge in [-0.25, -0.2) is 9.78 Å². The molecule has 0 aliphatic carbocycles. The molecule has 0 saturated heterocycles. The lowest BCUT2D eigenvalue weighted by Crippen LogP contribution is -2.07. The van der Waals surface area contributed by atoms with Gasteiger partial charge in [0, 0.05) is 20.9 Å². The molecule has 0 spiro atoms. The van der Waals surface area contributed by atoms with Gasteiger partial charge in [0.2, 0.25) is 5.82 Å². The Kier molecular flexibility index (Phi) is 5.58. The van der Waals surface area contributed by atoms with E-state index in [9.17, 15) is 4.79 Å². The van der Waals surface area contributed by atoms with Crippen LogP contribution in [0.5, 0.6) is 5.75 Å². The van der Waals surface area contributed by atoms with Crippen LogP contribution in [-0.2, 0) is 11.3 Å². The van der Waals surface area contributed by atoms with E-state index in [-0.39, 0.29) is 18.2 Å². The zero-order valence-corrected chi connectivity index (χ0v) is 19.7. The molecule has 5 aromatic rings. The molecule has 34 heavy (non-hydrogen) atoms. The van der Waals surface area contributed by atoms with Crippen molar-refractivity contribution in [3.05, 3.63) is 63.3 Å². The Morgan fingerprint density at radius 3 is 2.53 bits per heavy atom. The van der Waals surface area contributed by atoms with E-state index < -0.39 is 5.97 Å². The Hall–Kier alpha value is -4.05. The van der Waals surface area contributed by atoms with Crippen molar-refractivity contribution in [2.75, 3.05) is 7.11 Å². The van der Waals surface area contributed by atoms with Crippen molar-refractivity contribution in [2.24, 2.45) is 0 Å². The lowest BCUT2D eigenvalue weighted by atomic mass is 10.1. The maximum absolute atomic E-state index is 13.1. The molecular formula is C24H20N4O5S. The molecule has 0 radical (unpaired) electrons. The highest BCUT2D eigenvalue weighted by atomic mass is 32.1. The second-order valence-electron chi connectivity index (χ2n) is 7.65. The highest BCUT2D eigenvalue weighted by Crippen LogP contribution is 2.33. The Morgan fingerprint density at radius 1 is 1.03 bits per heavy atom. The Morgan fingerprint density at radius 2 is 1.82 bits per heavy atom.